The molecule has 1 unspecified atom stereocenters. The Kier molecular flexibility index (Phi) is 3.03. The van der Waals surface area contributed by atoms with Crippen LogP contribution in [0.25, 0.3) is 0 Å². The van der Waals surface area contributed by atoms with Crippen molar-refractivity contribution in [1.82, 2.24) is 0 Å². The zero-order chi connectivity index (χ0) is 16.4. The van der Waals surface area contributed by atoms with Crippen LogP contribution >= 0.6 is 0 Å². The summed E-state index contributed by atoms with van der Waals surface area (Å²) in [5, 5.41) is 9.66. The summed E-state index contributed by atoms with van der Waals surface area (Å²) in [5.41, 5.74) is 1.18. The molecule has 4 nitrogen and oxygen atoms in total. The van der Waals surface area contributed by atoms with Gasteiger partial charge in [-0.15, -0.1) is 0 Å². The average Bonchev–Trinajstić information content (AvgIpc) is 2.80. The number of hydrogen-bond acceptors (Lipinski definition) is 4. The normalized spacial score (nSPS) is 38.7. The summed E-state index contributed by atoms with van der Waals surface area (Å²) in [6.45, 7) is 1.98. The fourth-order valence-electron chi connectivity index (χ4n) is 5.37. The maximum absolute atomic E-state index is 12.6. The Morgan fingerprint density at radius 1 is 1.30 bits per heavy atom. The van der Waals surface area contributed by atoms with Crippen molar-refractivity contribution in [3.63, 3.8) is 0 Å². The minimum Gasteiger partial charge on any atom is -0.508 e. The molecule has 1 aromatic carbocycles. The van der Waals surface area contributed by atoms with Gasteiger partial charge in [0.2, 0.25) is 0 Å². The van der Waals surface area contributed by atoms with Crippen molar-refractivity contribution < 1.29 is 19.5 Å². The minimum atomic E-state index is -0.500. The quantitative estimate of drug-likeness (QED) is 0.639. The predicted molar refractivity (Wildman–Crippen MR) is 83.3 cm³/mol. The average molecular weight is 312 g/mol. The van der Waals surface area contributed by atoms with Crippen LogP contribution in [0.4, 0.5) is 0 Å². The fourth-order valence-corrected chi connectivity index (χ4v) is 5.37. The van der Waals surface area contributed by atoms with Crippen LogP contribution in [0.5, 0.6) is 5.75 Å². The monoisotopic (exact) mass is 312 g/mol. The second-order valence-electron chi connectivity index (χ2n) is 7.57. The third-order valence-corrected chi connectivity index (χ3v) is 6.56. The highest BCUT2D eigenvalue weighted by molar-refractivity contribution is 6.01. The lowest BCUT2D eigenvalue weighted by Crippen LogP contribution is -2.43. The molecule has 120 valence electrons. The van der Waals surface area contributed by atoms with Gasteiger partial charge in [0.1, 0.15) is 17.8 Å². The Labute approximate surface area is 134 Å². The van der Waals surface area contributed by atoms with Crippen LogP contribution in [0.15, 0.2) is 18.2 Å². The number of rotatable bonds is 1. The third kappa shape index (κ3) is 1.87. The molecule has 2 saturated carbocycles. The maximum Gasteiger partial charge on any atom is 0.163 e. The zero-order valence-electron chi connectivity index (χ0n) is 13.1. The molecule has 4 heteroatoms. The number of hydrogen-bond donors (Lipinski definition) is 1. The molecule has 4 rings (SSSR count). The van der Waals surface area contributed by atoms with E-state index >= 15 is 0 Å². The number of fused-ring (bicyclic) bond motifs is 5. The van der Waals surface area contributed by atoms with Gasteiger partial charge in [-0.25, -0.2) is 0 Å². The number of carbonyl (C=O) groups excluding carboxylic acids is 3. The van der Waals surface area contributed by atoms with Crippen molar-refractivity contribution >= 4 is 17.9 Å². The minimum absolute atomic E-state index is 0.0448. The van der Waals surface area contributed by atoms with E-state index in [0.717, 1.165) is 24.7 Å². The number of aldehydes is 1. The van der Waals surface area contributed by atoms with Crippen molar-refractivity contribution in [1.29, 1.82) is 0 Å². The van der Waals surface area contributed by atoms with Gasteiger partial charge in [0, 0.05) is 17.4 Å². The molecule has 5 atom stereocenters. The van der Waals surface area contributed by atoms with E-state index in [4.69, 9.17) is 0 Å². The van der Waals surface area contributed by atoms with E-state index in [1.807, 2.05) is 13.0 Å². The van der Waals surface area contributed by atoms with E-state index in [2.05, 4.69) is 0 Å². The number of Topliss-reactive ketones (excluding diaryl/α,β-unsaturated/α-hetero) is 2. The summed E-state index contributed by atoms with van der Waals surface area (Å²) in [5.74, 6) is 0.221. The molecule has 1 aromatic rings. The van der Waals surface area contributed by atoms with Gasteiger partial charge in [-0.1, -0.05) is 13.0 Å². The summed E-state index contributed by atoms with van der Waals surface area (Å²) in [6.07, 6.45) is 3.43. The van der Waals surface area contributed by atoms with Gasteiger partial charge in [0.25, 0.3) is 0 Å². The molecule has 0 amide bonds. The van der Waals surface area contributed by atoms with Gasteiger partial charge in [0.15, 0.2) is 5.78 Å². The van der Waals surface area contributed by atoms with Gasteiger partial charge in [-0.05, 0) is 54.7 Å². The van der Waals surface area contributed by atoms with Crippen LogP contribution in [0.2, 0.25) is 0 Å². The molecular weight excluding hydrogens is 292 g/mol. The van der Waals surface area contributed by atoms with Gasteiger partial charge in [0.05, 0.1) is 5.92 Å². The van der Waals surface area contributed by atoms with Gasteiger partial charge in [-0.2, -0.15) is 0 Å². The number of carbonyl (C=O) groups is 3. The molecule has 0 spiro atoms. The summed E-state index contributed by atoms with van der Waals surface area (Å²) >= 11 is 0. The summed E-state index contributed by atoms with van der Waals surface area (Å²) in [7, 11) is 0. The highest BCUT2D eigenvalue weighted by atomic mass is 16.3. The van der Waals surface area contributed by atoms with Crippen molar-refractivity contribution in [2.75, 3.05) is 0 Å². The van der Waals surface area contributed by atoms with Crippen LogP contribution in [-0.4, -0.2) is 23.0 Å². The first-order chi connectivity index (χ1) is 11.0. The van der Waals surface area contributed by atoms with Gasteiger partial charge < -0.3 is 9.90 Å². The Morgan fingerprint density at radius 2 is 2.09 bits per heavy atom. The van der Waals surface area contributed by atoms with Crippen molar-refractivity contribution in [3.05, 3.63) is 29.3 Å². The molecule has 23 heavy (non-hydrogen) atoms. The SMILES string of the molecule is C[C@]12CC[C@@H]3c4ccc(O)cc4C(=O)C[C@H]3[C@@H]1CC(C=O)C2=O. The standard InChI is InChI=1S/C19H20O4/c1-19-5-4-13-12-3-2-11(21)7-15(12)17(22)8-14(13)16(19)6-10(9-20)18(19)23/h2-3,7,9-10,13-14,16,21H,4-6,8H2,1H3/t10?,13-,14-,16+,19+/m1/s1. The number of phenolic OH excluding ortho intramolecular Hbond substituents is 1. The lowest BCUT2D eigenvalue weighted by atomic mass is 9.55. The van der Waals surface area contributed by atoms with Crippen molar-refractivity contribution in [2.24, 2.45) is 23.2 Å². The second-order valence-corrected chi connectivity index (χ2v) is 7.57. The van der Waals surface area contributed by atoms with Crippen molar-refractivity contribution in [2.45, 2.75) is 38.5 Å². The molecule has 0 radical (unpaired) electrons. The summed E-state index contributed by atoms with van der Waals surface area (Å²) in [6, 6.07) is 5.06. The number of benzene rings is 1. The predicted octanol–water partition coefficient (Wildman–Crippen LogP) is 2.88. The Balaban J connectivity index is 1.77. The Hall–Kier alpha value is -1.97. The van der Waals surface area contributed by atoms with E-state index in [-0.39, 0.29) is 35.1 Å². The second kappa shape index (κ2) is 4.76. The van der Waals surface area contributed by atoms with Crippen LogP contribution in [-0.2, 0) is 9.59 Å². The van der Waals surface area contributed by atoms with E-state index in [1.54, 1.807) is 12.1 Å². The van der Waals surface area contributed by atoms with Crippen LogP contribution in [0.1, 0.15) is 54.4 Å². The lowest BCUT2D eigenvalue weighted by Gasteiger charge is -2.47. The van der Waals surface area contributed by atoms with Gasteiger partial charge >= 0.3 is 0 Å². The van der Waals surface area contributed by atoms with Crippen LogP contribution in [0.3, 0.4) is 0 Å². The molecule has 0 saturated heterocycles. The Morgan fingerprint density at radius 3 is 2.83 bits per heavy atom. The zero-order valence-corrected chi connectivity index (χ0v) is 13.1. The molecule has 0 aliphatic heterocycles. The van der Waals surface area contributed by atoms with E-state index in [9.17, 15) is 19.5 Å². The maximum atomic E-state index is 12.6. The Bertz CT molecular complexity index is 722. The largest absolute Gasteiger partial charge is 0.508 e. The molecule has 1 N–H and O–H groups in total. The third-order valence-electron chi connectivity index (χ3n) is 6.56. The molecule has 2 fully saturated rings. The lowest BCUT2D eigenvalue weighted by molar-refractivity contribution is -0.133. The molecule has 3 aliphatic rings. The molecule has 0 aromatic heterocycles. The number of phenols is 1. The molecular formula is C19H20O4. The first-order valence-corrected chi connectivity index (χ1v) is 8.31. The fraction of sp³-hybridized carbons (Fsp3) is 0.526. The molecule has 3 aliphatic carbocycles. The highest BCUT2D eigenvalue weighted by Crippen LogP contribution is 2.60. The summed E-state index contributed by atoms with van der Waals surface area (Å²) in [4.78, 5) is 36.4. The first kappa shape index (κ1) is 14.6. The number of aromatic hydroxyl groups is 1. The smallest absolute Gasteiger partial charge is 0.163 e. The van der Waals surface area contributed by atoms with Crippen LogP contribution < -0.4 is 0 Å². The molecule has 0 bridgehead atoms. The highest BCUT2D eigenvalue weighted by Gasteiger charge is 2.58. The van der Waals surface area contributed by atoms with Gasteiger partial charge in [-0.3, -0.25) is 9.59 Å². The summed E-state index contributed by atoms with van der Waals surface area (Å²) < 4.78 is 0. The van der Waals surface area contributed by atoms with Crippen LogP contribution in [0, 0.1) is 23.2 Å². The van der Waals surface area contributed by atoms with E-state index in [0.29, 0.717) is 18.4 Å². The first-order valence-electron chi connectivity index (χ1n) is 8.31. The van der Waals surface area contributed by atoms with E-state index < -0.39 is 11.3 Å². The molecule has 0 heterocycles. The van der Waals surface area contributed by atoms with E-state index in [1.165, 1.54) is 0 Å². The van der Waals surface area contributed by atoms with Crippen molar-refractivity contribution in [3.8, 4) is 5.75 Å². The number of ketones is 2. The topological polar surface area (TPSA) is 71.4 Å².